The van der Waals surface area contributed by atoms with Gasteiger partial charge in [0.05, 0.1) is 18.2 Å². The Labute approximate surface area is 73.9 Å². The van der Waals surface area contributed by atoms with Gasteiger partial charge in [-0.3, -0.25) is 9.89 Å². The summed E-state index contributed by atoms with van der Waals surface area (Å²) in [4.78, 5) is 10.9. The van der Waals surface area contributed by atoms with Gasteiger partial charge in [0.1, 0.15) is 0 Å². The molecule has 1 aromatic rings. The minimum atomic E-state index is -0.558. The Morgan fingerprint density at radius 1 is 1.46 bits per heavy atom. The second kappa shape index (κ2) is 2.78. The molecule has 0 fully saturated rings. The Hall–Kier alpha value is -2.04. The molecular weight excluding hydrogens is 170 g/mol. The number of nitrogens with zero attached hydrogens (tertiary/aromatic N) is 1. The Morgan fingerprint density at radius 2 is 2.23 bits per heavy atom. The molecule has 0 saturated heterocycles. The zero-order valence-electron chi connectivity index (χ0n) is 6.65. The van der Waals surface area contributed by atoms with Crippen molar-refractivity contribution in [3.63, 3.8) is 0 Å². The lowest BCUT2D eigenvalue weighted by atomic mass is 10.1. The van der Waals surface area contributed by atoms with Crippen molar-refractivity contribution in [2.24, 2.45) is 5.73 Å². The molecule has 0 radical (unpaired) electrons. The number of carbonyl (C=O) groups is 1. The largest absolute Gasteiger partial charge is 0.473 e. The minimum Gasteiger partial charge on any atom is -0.473 e. The third-order valence-electron chi connectivity index (χ3n) is 1.69. The fourth-order valence-corrected chi connectivity index (χ4v) is 1.11. The highest BCUT2D eigenvalue weighted by atomic mass is 16.5. The van der Waals surface area contributed by atoms with E-state index in [2.05, 4.69) is 10.2 Å². The summed E-state index contributed by atoms with van der Waals surface area (Å²) in [6.45, 7) is 0. The molecule has 1 aliphatic rings. The molecule has 1 aliphatic heterocycles. The monoisotopic (exact) mass is 177 g/mol. The Bertz CT molecular complexity index is 404. The van der Waals surface area contributed by atoms with Gasteiger partial charge in [0.25, 0.3) is 5.91 Å². The van der Waals surface area contributed by atoms with Crippen LogP contribution < -0.4 is 5.73 Å². The normalized spacial score (nSPS) is 13.2. The molecule has 0 atom stereocenters. The van der Waals surface area contributed by atoms with Gasteiger partial charge in [-0.15, -0.1) is 0 Å². The van der Waals surface area contributed by atoms with Crippen molar-refractivity contribution in [1.82, 2.24) is 10.2 Å². The average molecular weight is 177 g/mol. The number of ether oxygens (including phenoxy) is 1. The van der Waals surface area contributed by atoms with E-state index in [1.165, 1.54) is 12.5 Å². The van der Waals surface area contributed by atoms with Gasteiger partial charge < -0.3 is 10.5 Å². The van der Waals surface area contributed by atoms with Crippen LogP contribution in [0.15, 0.2) is 12.5 Å². The van der Waals surface area contributed by atoms with E-state index in [4.69, 9.17) is 10.5 Å². The smallest absolute Gasteiger partial charge is 0.269 e. The fraction of sp³-hybridized carbons (Fsp3) is 0. The van der Waals surface area contributed by atoms with E-state index in [9.17, 15) is 4.79 Å². The molecule has 0 spiro atoms. The first kappa shape index (κ1) is 7.60. The zero-order chi connectivity index (χ0) is 9.26. The number of nitrogens with two attached hydrogens (primary N) is 1. The van der Waals surface area contributed by atoms with Crippen LogP contribution in [-0.4, -0.2) is 16.1 Å². The molecule has 1 aromatic heterocycles. The number of primary amides is 1. The van der Waals surface area contributed by atoms with E-state index in [-0.39, 0.29) is 5.69 Å². The van der Waals surface area contributed by atoms with Gasteiger partial charge in [-0.05, 0) is 12.2 Å². The van der Waals surface area contributed by atoms with Crippen LogP contribution in [-0.2, 0) is 4.74 Å². The maximum absolute atomic E-state index is 10.9. The first-order chi connectivity index (χ1) is 6.29. The summed E-state index contributed by atoms with van der Waals surface area (Å²) in [7, 11) is 0. The van der Waals surface area contributed by atoms with Gasteiger partial charge in [0.15, 0.2) is 5.69 Å². The van der Waals surface area contributed by atoms with Crippen LogP contribution in [0.25, 0.3) is 12.2 Å². The highest BCUT2D eigenvalue weighted by Gasteiger charge is 2.14. The van der Waals surface area contributed by atoms with Crippen LogP contribution in [0, 0.1) is 0 Å². The topological polar surface area (TPSA) is 81.0 Å². The first-order valence-corrected chi connectivity index (χ1v) is 3.66. The number of amides is 1. The number of nitrogens with one attached hydrogen (secondary N) is 1. The predicted molar refractivity (Wildman–Crippen MR) is 46.3 cm³/mol. The van der Waals surface area contributed by atoms with Crippen LogP contribution in [0.4, 0.5) is 0 Å². The van der Waals surface area contributed by atoms with Crippen molar-refractivity contribution in [2.75, 3.05) is 0 Å². The molecule has 66 valence electrons. The highest BCUT2D eigenvalue weighted by molar-refractivity contribution is 5.95. The van der Waals surface area contributed by atoms with E-state index in [1.807, 2.05) is 0 Å². The van der Waals surface area contributed by atoms with Crippen LogP contribution in [0.2, 0.25) is 0 Å². The summed E-state index contributed by atoms with van der Waals surface area (Å²) >= 11 is 0. The molecule has 5 heteroatoms. The van der Waals surface area contributed by atoms with Crippen molar-refractivity contribution in [3.05, 3.63) is 29.5 Å². The van der Waals surface area contributed by atoms with E-state index < -0.39 is 5.91 Å². The summed E-state index contributed by atoms with van der Waals surface area (Å²) in [6, 6.07) is 0. The standard InChI is InChI=1S/C8H7N3O2/c9-8(12)7-5-1-3-13-4-2-6(5)10-11-7/h1-4H,(H2,9,12)(H,10,11). The van der Waals surface area contributed by atoms with Crippen molar-refractivity contribution in [1.29, 1.82) is 0 Å². The molecule has 2 heterocycles. The van der Waals surface area contributed by atoms with Crippen LogP contribution >= 0.6 is 0 Å². The van der Waals surface area contributed by atoms with Crippen LogP contribution in [0.3, 0.4) is 0 Å². The van der Waals surface area contributed by atoms with Crippen molar-refractivity contribution < 1.29 is 9.53 Å². The first-order valence-electron chi connectivity index (χ1n) is 3.66. The van der Waals surface area contributed by atoms with Gasteiger partial charge >= 0.3 is 0 Å². The molecule has 1 amide bonds. The molecule has 0 unspecified atom stereocenters. The summed E-state index contributed by atoms with van der Waals surface area (Å²) in [5, 5.41) is 6.46. The van der Waals surface area contributed by atoms with E-state index >= 15 is 0 Å². The molecule has 2 rings (SSSR count). The van der Waals surface area contributed by atoms with Gasteiger partial charge in [-0.2, -0.15) is 5.10 Å². The Balaban J connectivity index is 2.58. The average Bonchev–Trinajstić information content (AvgIpc) is 2.36. The quantitative estimate of drug-likeness (QED) is 0.654. The number of H-pyrrole nitrogens is 1. The fourth-order valence-electron chi connectivity index (χ4n) is 1.11. The molecule has 3 N–H and O–H groups in total. The molecule has 0 aromatic carbocycles. The van der Waals surface area contributed by atoms with E-state index in [0.717, 1.165) is 0 Å². The van der Waals surface area contributed by atoms with Crippen molar-refractivity contribution in [3.8, 4) is 0 Å². The zero-order valence-corrected chi connectivity index (χ0v) is 6.65. The molecule has 0 aliphatic carbocycles. The summed E-state index contributed by atoms with van der Waals surface area (Å²) < 4.78 is 4.91. The van der Waals surface area contributed by atoms with Crippen LogP contribution in [0.1, 0.15) is 21.7 Å². The third kappa shape index (κ3) is 1.20. The molecule has 13 heavy (non-hydrogen) atoms. The van der Waals surface area contributed by atoms with Gasteiger partial charge in [0, 0.05) is 5.56 Å². The van der Waals surface area contributed by atoms with Gasteiger partial charge in [-0.1, -0.05) is 0 Å². The number of fused-ring (bicyclic) bond motifs is 1. The lowest BCUT2D eigenvalue weighted by molar-refractivity contribution is 0.0995. The molecular formula is C8H7N3O2. The SMILES string of the molecule is NC(=O)c1n[nH]c2c1C=COC=C2. The summed E-state index contributed by atoms with van der Waals surface area (Å²) in [5.74, 6) is -0.558. The summed E-state index contributed by atoms with van der Waals surface area (Å²) in [5.41, 5.74) is 6.70. The number of rotatable bonds is 1. The number of aromatic nitrogens is 2. The number of aromatic amines is 1. The Morgan fingerprint density at radius 3 is 3.00 bits per heavy atom. The Kier molecular flexibility index (Phi) is 1.63. The minimum absolute atomic E-state index is 0.224. The van der Waals surface area contributed by atoms with E-state index in [1.54, 1.807) is 12.2 Å². The highest BCUT2D eigenvalue weighted by Crippen LogP contribution is 2.17. The number of carbonyl (C=O) groups excluding carboxylic acids is 1. The predicted octanol–water partition coefficient (Wildman–Crippen LogP) is 0.480. The summed E-state index contributed by atoms with van der Waals surface area (Å²) in [6.07, 6.45) is 6.27. The number of hydrogen-bond donors (Lipinski definition) is 2. The third-order valence-corrected chi connectivity index (χ3v) is 1.69. The second-order valence-electron chi connectivity index (χ2n) is 2.51. The van der Waals surface area contributed by atoms with E-state index in [0.29, 0.717) is 11.3 Å². The number of hydrogen-bond acceptors (Lipinski definition) is 3. The van der Waals surface area contributed by atoms with Crippen LogP contribution in [0.5, 0.6) is 0 Å². The van der Waals surface area contributed by atoms with Crippen molar-refractivity contribution in [2.45, 2.75) is 0 Å². The molecule has 0 bridgehead atoms. The van der Waals surface area contributed by atoms with Crippen molar-refractivity contribution >= 4 is 18.1 Å². The second-order valence-corrected chi connectivity index (χ2v) is 2.51. The lowest BCUT2D eigenvalue weighted by Crippen LogP contribution is -2.12. The maximum atomic E-state index is 10.9. The van der Waals surface area contributed by atoms with Gasteiger partial charge in [-0.25, -0.2) is 0 Å². The molecule has 5 nitrogen and oxygen atoms in total. The maximum Gasteiger partial charge on any atom is 0.269 e. The molecule has 0 saturated carbocycles. The lowest BCUT2D eigenvalue weighted by Gasteiger charge is -1.90. The van der Waals surface area contributed by atoms with Gasteiger partial charge in [0.2, 0.25) is 0 Å².